The Labute approximate surface area is 209 Å². The topological polar surface area (TPSA) is 89.1 Å². The van der Waals surface area contributed by atoms with E-state index in [0.29, 0.717) is 35.4 Å². The Morgan fingerprint density at radius 1 is 0.917 bits per heavy atom. The molecule has 5 rings (SSSR count). The largest absolute Gasteiger partial charge is 0.497 e. The van der Waals surface area contributed by atoms with Crippen LogP contribution in [0.2, 0.25) is 0 Å². The predicted octanol–water partition coefficient (Wildman–Crippen LogP) is 5.63. The lowest BCUT2D eigenvalue weighted by molar-refractivity contribution is 0.0952. The molecule has 2 aromatic heterocycles. The third-order valence-corrected chi connectivity index (χ3v) is 5.90. The molecule has 0 saturated heterocycles. The van der Waals surface area contributed by atoms with E-state index in [1.165, 1.54) is 0 Å². The van der Waals surface area contributed by atoms with Crippen molar-refractivity contribution >= 4 is 16.9 Å². The van der Waals surface area contributed by atoms with Gasteiger partial charge in [0.1, 0.15) is 11.5 Å². The first-order valence-corrected chi connectivity index (χ1v) is 11.7. The third kappa shape index (κ3) is 4.77. The molecule has 0 saturated carbocycles. The van der Waals surface area contributed by atoms with Crippen molar-refractivity contribution < 1.29 is 14.3 Å². The number of ether oxygens (including phenoxy) is 2. The van der Waals surface area contributed by atoms with Gasteiger partial charge in [-0.05, 0) is 55.0 Å². The number of hydrogen-bond acceptors (Lipinski definition) is 5. The van der Waals surface area contributed by atoms with E-state index < -0.39 is 0 Å². The first-order valence-electron chi connectivity index (χ1n) is 11.7. The minimum Gasteiger partial charge on any atom is -0.497 e. The first kappa shape index (κ1) is 23.1. The van der Waals surface area contributed by atoms with Gasteiger partial charge in [-0.3, -0.25) is 9.89 Å². The van der Waals surface area contributed by atoms with Crippen LogP contribution < -0.4 is 14.8 Å². The monoisotopic (exact) mass is 478 g/mol. The zero-order valence-corrected chi connectivity index (χ0v) is 20.1. The molecule has 0 atom stereocenters. The van der Waals surface area contributed by atoms with Gasteiger partial charge in [-0.25, -0.2) is 4.98 Å². The first-order chi connectivity index (χ1) is 17.7. The van der Waals surface area contributed by atoms with Crippen molar-refractivity contribution in [3.8, 4) is 34.0 Å². The van der Waals surface area contributed by atoms with Crippen LogP contribution in [-0.4, -0.2) is 34.8 Å². The van der Waals surface area contributed by atoms with Gasteiger partial charge >= 0.3 is 0 Å². The molecular formula is C29H26N4O3. The number of aromatic nitrogens is 3. The summed E-state index contributed by atoms with van der Waals surface area (Å²) in [5, 5.41) is 11.3. The van der Waals surface area contributed by atoms with Crippen LogP contribution in [0.4, 0.5) is 0 Å². The SMILES string of the molecule is CCOc1ccc(-c2cc(C(=O)NCc3ccc(OC)cc3)c3c(-c4ccccc4)[nH]nc3n2)cc1. The van der Waals surface area contributed by atoms with Crippen molar-refractivity contribution in [2.75, 3.05) is 13.7 Å². The van der Waals surface area contributed by atoms with Gasteiger partial charge in [0.15, 0.2) is 5.65 Å². The minimum atomic E-state index is -0.205. The molecule has 2 N–H and O–H groups in total. The number of H-pyrrole nitrogens is 1. The second kappa shape index (κ2) is 10.3. The van der Waals surface area contributed by atoms with Crippen LogP contribution in [-0.2, 0) is 6.54 Å². The van der Waals surface area contributed by atoms with Crippen molar-refractivity contribution in [3.63, 3.8) is 0 Å². The molecule has 0 unspecified atom stereocenters. The van der Waals surface area contributed by atoms with Crippen LogP contribution in [0.3, 0.4) is 0 Å². The molecule has 0 radical (unpaired) electrons. The number of benzene rings is 3. The average Bonchev–Trinajstić information content (AvgIpc) is 3.37. The van der Waals surface area contributed by atoms with Crippen LogP contribution in [0.15, 0.2) is 84.9 Å². The van der Waals surface area contributed by atoms with E-state index >= 15 is 0 Å². The van der Waals surface area contributed by atoms with Gasteiger partial charge < -0.3 is 14.8 Å². The van der Waals surface area contributed by atoms with Crippen LogP contribution in [0.25, 0.3) is 33.5 Å². The van der Waals surface area contributed by atoms with E-state index in [1.807, 2.05) is 91.9 Å². The smallest absolute Gasteiger partial charge is 0.252 e. The van der Waals surface area contributed by atoms with Crippen LogP contribution >= 0.6 is 0 Å². The van der Waals surface area contributed by atoms with Gasteiger partial charge in [-0.1, -0.05) is 42.5 Å². The Bertz CT molecular complexity index is 1480. The molecule has 5 aromatic rings. The Hall–Kier alpha value is -4.65. The third-order valence-electron chi connectivity index (χ3n) is 5.90. The summed E-state index contributed by atoms with van der Waals surface area (Å²) in [6.45, 7) is 2.92. The fraction of sp³-hybridized carbons (Fsp3) is 0.138. The van der Waals surface area contributed by atoms with Gasteiger partial charge in [0.25, 0.3) is 5.91 Å². The summed E-state index contributed by atoms with van der Waals surface area (Å²) in [7, 11) is 1.63. The maximum atomic E-state index is 13.5. The maximum Gasteiger partial charge on any atom is 0.252 e. The van der Waals surface area contributed by atoms with E-state index in [-0.39, 0.29) is 5.91 Å². The van der Waals surface area contributed by atoms with Crippen molar-refractivity contribution in [1.29, 1.82) is 0 Å². The van der Waals surface area contributed by atoms with Gasteiger partial charge in [0.2, 0.25) is 0 Å². The lowest BCUT2D eigenvalue weighted by Gasteiger charge is -2.11. The second-order valence-corrected chi connectivity index (χ2v) is 8.21. The minimum absolute atomic E-state index is 0.205. The lowest BCUT2D eigenvalue weighted by atomic mass is 10.0. The highest BCUT2D eigenvalue weighted by atomic mass is 16.5. The quantitative estimate of drug-likeness (QED) is 0.302. The highest BCUT2D eigenvalue weighted by Crippen LogP contribution is 2.32. The summed E-state index contributed by atoms with van der Waals surface area (Å²) in [6, 6.07) is 26.9. The fourth-order valence-corrected chi connectivity index (χ4v) is 4.07. The van der Waals surface area contributed by atoms with Gasteiger partial charge in [0.05, 0.1) is 36.1 Å². The maximum absolute atomic E-state index is 13.5. The van der Waals surface area contributed by atoms with Gasteiger partial charge in [0, 0.05) is 17.7 Å². The second-order valence-electron chi connectivity index (χ2n) is 8.21. The molecule has 0 bridgehead atoms. The molecule has 180 valence electrons. The van der Waals surface area contributed by atoms with Crippen molar-refractivity contribution in [3.05, 3.63) is 96.1 Å². The summed E-state index contributed by atoms with van der Waals surface area (Å²) >= 11 is 0. The molecule has 0 fully saturated rings. The molecule has 0 spiro atoms. The van der Waals surface area contributed by atoms with E-state index in [2.05, 4.69) is 15.5 Å². The predicted molar refractivity (Wildman–Crippen MR) is 140 cm³/mol. The molecule has 36 heavy (non-hydrogen) atoms. The summed E-state index contributed by atoms with van der Waals surface area (Å²) < 4.78 is 10.8. The number of nitrogens with one attached hydrogen (secondary N) is 2. The van der Waals surface area contributed by atoms with Crippen LogP contribution in [0, 0.1) is 0 Å². The van der Waals surface area contributed by atoms with Gasteiger partial charge in [-0.2, -0.15) is 5.10 Å². The number of hydrogen-bond donors (Lipinski definition) is 2. The zero-order valence-electron chi connectivity index (χ0n) is 20.1. The standard InChI is InChI=1S/C29H26N4O3/c1-3-36-23-15-11-20(12-16-23)25-17-24(29(34)30-18-19-9-13-22(35-2)14-10-19)26-27(32-33-28(26)31-25)21-7-5-4-6-8-21/h4-17H,3,18H2,1-2H3,(H,30,34)(H,31,32,33). The Kier molecular flexibility index (Phi) is 6.62. The molecule has 7 nitrogen and oxygen atoms in total. The number of rotatable bonds is 8. The molecule has 3 aromatic carbocycles. The van der Waals surface area contributed by atoms with Crippen molar-refractivity contribution in [1.82, 2.24) is 20.5 Å². The van der Waals surface area contributed by atoms with Crippen LogP contribution in [0.5, 0.6) is 11.5 Å². The van der Waals surface area contributed by atoms with E-state index in [4.69, 9.17) is 14.5 Å². The van der Waals surface area contributed by atoms with E-state index in [1.54, 1.807) is 7.11 Å². The molecule has 1 amide bonds. The number of amides is 1. The van der Waals surface area contributed by atoms with Crippen LogP contribution in [0.1, 0.15) is 22.8 Å². The van der Waals surface area contributed by atoms with E-state index in [9.17, 15) is 4.79 Å². The molecular weight excluding hydrogens is 452 g/mol. The summed E-state index contributed by atoms with van der Waals surface area (Å²) in [4.78, 5) is 18.3. The normalized spacial score (nSPS) is 10.8. The zero-order chi connectivity index (χ0) is 24.9. The van der Waals surface area contributed by atoms with Gasteiger partial charge in [-0.15, -0.1) is 0 Å². The number of methoxy groups -OCH3 is 1. The lowest BCUT2D eigenvalue weighted by Crippen LogP contribution is -2.23. The molecule has 7 heteroatoms. The molecule has 0 aliphatic rings. The summed E-state index contributed by atoms with van der Waals surface area (Å²) in [6.07, 6.45) is 0. The number of nitrogens with zero attached hydrogens (tertiary/aromatic N) is 2. The number of carbonyl (C=O) groups is 1. The summed E-state index contributed by atoms with van der Waals surface area (Å²) in [5.74, 6) is 1.35. The van der Waals surface area contributed by atoms with E-state index in [0.717, 1.165) is 33.9 Å². The Morgan fingerprint density at radius 2 is 1.64 bits per heavy atom. The van der Waals surface area contributed by atoms with Crippen molar-refractivity contribution in [2.24, 2.45) is 0 Å². The number of carbonyl (C=O) groups excluding carboxylic acids is 1. The number of fused-ring (bicyclic) bond motifs is 1. The highest BCUT2D eigenvalue weighted by molar-refractivity contribution is 6.10. The fourth-order valence-electron chi connectivity index (χ4n) is 4.07. The number of pyridine rings is 1. The molecule has 2 heterocycles. The Morgan fingerprint density at radius 3 is 2.33 bits per heavy atom. The number of aromatic amines is 1. The average molecular weight is 479 g/mol. The van der Waals surface area contributed by atoms with Crippen molar-refractivity contribution in [2.45, 2.75) is 13.5 Å². The molecule has 0 aliphatic heterocycles. The Balaban J connectivity index is 1.54. The molecule has 0 aliphatic carbocycles. The highest BCUT2D eigenvalue weighted by Gasteiger charge is 2.20. The summed E-state index contributed by atoms with van der Waals surface area (Å²) in [5.41, 5.74) is 5.17.